The van der Waals surface area contributed by atoms with Gasteiger partial charge in [-0.1, -0.05) is 18.2 Å². The van der Waals surface area contributed by atoms with Gasteiger partial charge in [-0.25, -0.2) is 4.98 Å². The van der Waals surface area contributed by atoms with Gasteiger partial charge in [-0.2, -0.15) is 0 Å². The standard InChI is InChI=1S/C19H20N2O3/c1-13(21-14(2)22)3-4-15-5-8-19(20-12-15)24-17-7-6-16-9-10-23-18(16)11-17/h3-8,11-13H,9-10H2,1-2H3,(H,21,22)/b4-3+/t13-/m0/s1. The molecule has 24 heavy (non-hydrogen) atoms. The van der Waals surface area contributed by atoms with Gasteiger partial charge in [0.1, 0.15) is 11.5 Å². The molecule has 1 N–H and O–H groups in total. The number of carbonyl (C=O) groups excluding carboxylic acids is 1. The Hall–Kier alpha value is -2.82. The van der Waals surface area contributed by atoms with E-state index in [9.17, 15) is 4.79 Å². The van der Waals surface area contributed by atoms with E-state index >= 15 is 0 Å². The van der Waals surface area contributed by atoms with Crippen molar-refractivity contribution in [2.24, 2.45) is 0 Å². The van der Waals surface area contributed by atoms with Crippen LogP contribution in [-0.4, -0.2) is 23.5 Å². The number of hydrogen-bond acceptors (Lipinski definition) is 4. The number of fused-ring (bicyclic) bond motifs is 1. The molecule has 0 radical (unpaired) electrons. The van der Waals surface area contributed by atoms with E-state index in [1.807, 2.05) is 49.4 Å². The molecule has 0 aliphatic carbocycles. The summed E-state index contributed by atoms with van der Waals surface area (Å²) < 4.78 is 11.3. The zero-order chi connectivity index (χ0) is 16.9. The van der Waals surface area contributed by atoms with Crippen LogP contribution in [0.4, 0.5) is 0 Å². The lowest BCUT2D eigenvalue weighted by Crippen LogP contribution is -2.28. The second-order valence-electron chi connectivity index (χ2n) is 5.75. The van der Waals surface area contributed by atoms with Gasteiger partial charge in [0.25, 0.3) is 0 Å². The predicted octanol–water partition coefficient (Wildman–Crippen LogP) is 3.35. The minimum atomic E-state index is -0.0488. The van der Waals surface area contributed by atoms with Crippen molar-refractivity contribution >= 4 is 12.0 Å². The molecule has 1 aliphatic heterocycles. The zero-order valence-electron chi connectivity index (χ0n) is 13.8. The minimum absolute atomic E-state index is 0.0233. The van der Waals surface area contributed by atoms with Gasteiger partial charge in [0.2, 0.25) is 11.8 Å². The summed E-state index contributed by atoms with van der Waals surface area (Å²) >= 11 is 0. The molecule has 3 rings (SSSR count). The van der Waals surface area contributed by atoms with Crippen LogP contribution in [-0.2, 0) is 11.2 Å². The van der Waals surface area contributed by atoms with E-state index in [1.165, 1.54) is 12.5 Å². The van der Waals surface area contributed by atoms with E-state index in [2.05, 4.69) is 10.3 Å². The first kappa shape index (κ1) is 16.1. The van der Waals surface area contributed by atoms with Crippen LogP contribution in [0.3, 0.4) is 0 Å². The molecule has 1 aromatic heterocycles. The van der Waals surface area contributed by atoms with Crippen LogP contribution < -0.4 is 14.8 Å². The van der Waals surface area contributed by atoms with Gasteiger partial charge in [-0.3, -0.25) is 4.79 Å². The van der Waals surface area contributed by atoms with Crippen molar-refractivity contribution in [2.75, 3.05) is 6.61 Å². The Morgan fingerprint density at radius 2 is 2.25 bits per heavy atom. The third kappa shape index (κ3) is 4.13. The van der Waals surface area contributed by atoms with Gasteiger partial charge in [0.15, 0.2) is 0 Å². The number of nitrogens with one attached hydrogen (secondary N) is 1. The number of rotatable bonds is 5. The summed E-state index contributed by atoms with van der Waals surface area (Å²) in [5.74, 6) is 2.08. The van der Waals surface area contributed by atoms with Crippen molar-refractivity contribution < 1.29 is 14.3 Å². The van der Waals surface area contributed by atoms with Crippen LogP contribution in [0.5, 0.6) is 17.4 Å². The maximum Gasteiger partial charge on any atom is 0.219 e. The molecule has 0 unspecified atom stereocenters. The monoisotopic (exact) mass is 324 g/mol. The highest BCUT2D eigenvalue weighted by molar-refractivity contribution is 5.73. The third-order valence-corrected chi connectivity index (χ3v) is 3.66. The van der Waals surface area contributed by atoms with Crippen molar-refractivity contribution in [3.8, 4) is 17.4 Å². The summed E-state index contributed by atoms with van der Waals surface area (Å²) in [5, 5.41) is 2.79. The fourth-order valence-electron chi connectivity index (χ4n) is 2.51. The van der Waals surface area contributed by atoms with E-state index in [0.29, 0.717) is 11.6 Å². The van der Waals surface area contributed by atoms with Crippen molar-refractivity contribution in [3.05, 3.63) is 53.7 Å². The van der Waals surface area contributed by atoms with Gasteiger partial charge in [-0.05, 0) is 30.2 Å². The summed E-state index contributed by atoms with van der Waals surface area (Å²) in [6.07, 6.45) is 6.51. The lowest BCUT2D eigenvalue weighted by Gasteiger charge is -2.07. The van der Waals surface area contributed by atoms with Crippen LogP contribution in [0.2, 0.25) is 0 Å². The number of benzene rings is 1. The summed E-state index contributed by atoms with van der Waals surface area (Å²) in [7, 11) is 0. The lowest BCUT2D eigenvalue weighted by molar-refractivity contribution is -0.119. The van der Waals surface area contributed by atoms with Crippen LogP contribution in [0.25, 0.3) is 6.08 Å². The van der Waals surface area contributed by atoms with Crippen LogP contribution in [0.1, 0.15) is 25.0 Å². The normalized spacial score (nSPS) is 14.1. The Kier molecular flexibility index (Phi) is 4.79. The Morgan fingerprint density at radius 3 is 3.00 bits per heavy atom. The van der Waals surface area contributed by atoms with E-state index < -0.39 is 0 Å². The molecule has 0 saturated carbocycles. The quantitative estimate of drug-likeness (QED) is 0.916. The summed E-state index contributed by atoms with van der Waals surface area (Å²) in [6.45, 7) is 4.15. The zero-order valence-corrected chi connectivity index (χ0v) is 13.8. The van der Waals surface area contributed by atoms with E-state index in [4.69, 9.17) is 9.47 Å². The Balaban J connectivity index is 1.62. The van der Waals surface area contributed by atoms with E-state index in [-0.39, 0.29) is 11.9 Å². The highest BCUT2D eigenvalue weighted by Gasteiger charge is 2.12. The van der Waals surface area contributed by atoms with Crippen LogP contribution in [0.15, 0.2) is 42.6 Å². The van der Waals surface area contributed by atoms with Crippen LogP contribution in [0, 0.1) is 0 Å². The molecule has 0 bridgehead atoms. The average molecular weight is 324 g/mol. The Bertz CT molecular complexity index is 754. The molecule has 0 fully saturated rings. The second-order valence-corrected chi connectivity index (χ2v) is 5.75. The molecule has 2 heterocycles. The molecule has 1 aliphatic rings. The van der Waals surface area contributed by atoms with Crippen molar-refractivity contribution in [3.63, 3.8) is 0 Å². The number of nitrogens with zero attached hydrogens (tertiary/aromatic N) is 1. The molecule has 1 aromatic carbocycles. The highest BCUT2D eigenvalue weighted by atomic mass is 16.5. The maximum absolute atomic E-state index is 11.0. The summed E-state index contributed by atoms with van der Waals surface area (Å²) in [5.41, 5.74) is 2.15. The molecule has 1 amide bonds. The fourth-order valence-corrected chi connectivity index (χ4v) is 2.51. The molecule has 1 atom stereocenters. The topological polar surface area (TPSA) is 60.5 Å². The molecule has 0 spiro atoms. The van der Waals surface area contributed by atoms with Crippen molar-refractivity contribution in [2.45, 2.75) is 26.3 Å². The third-order valence-electron chi connectivity index (χ3n) is 3.66. The number of amides is 1. The second kappa shape index (κ2) is 7.17. The van der Waals surface area contributed by atoms with E-state index in [1.54, 1.807) is 6.20 Å². The number of pyridine rings is 1. The lowest BCUT2D eigenvalue weighted by atomic mass is 10.2. The van der Waals surface area contributed by atoms with Crippen molar-refractivity contribution in [1.29, 1.82) is 0 Å². The average Bonchev–Trinajstić information content (AvgIpc) is 3.01. The summed E-state index contributed by atoms with van der Waals surface area (Å²) in [6, 6.07) is 9.56. The largest absolute Gasteiger partial charge is 0.493 e. The Morgan fingerprint density at radius 1 is 1.38 bits per heavy atom. The predicted molar refractivity (Wildman–Crippen MR) is 92.3 cm³/mol. The first-order valence-electron chi connectivity index (χ1n) is 7.95. The molecule has 0 saturated heterocycles. The van der Waals surface area contributed by atoms with E-state index in [0.717, 1.165) is 24.3 Å². The van der Waals surface area contributed by atoms with Gasteiger partial charge in [-0.15, -0.1) is 0 Å². The number of ether oxygens (including phenoxy) is 2. The summed E-state index contributed by atoms with van der Waals surface area (Å²) in [4.78, 5) is 15.3. The van der Waals surface area contributed by atoms with Crippen molar-refractivity contribution in [1.82, 2.24) is 10.3 Å². The molecular formula is C19H20N2O3. The highest BCUT2D eigenvalue weighted by Crippen LogP contribution is 2.31. The molecule has 5 heteroatoms. The van der Waals surface area contributed by atoms with Crippen LogP contribution >= 0.6 is 0 Å². The molecular weight excluding hydrogens is 304 g/mol. The first-order valence-corrected chi connectivity index (χ1v) is 7.95. The van der Waals surface area contributed by atoms with Gasteiger partial charge in [0.05, 0.1) is 6.61 Å². The molecule has 124 valence electrons. The van der Waals surface area contributed by atoms with Gasteiger partial charge < -0.3 is 14.8 Å². The molecule has 5 nitrogen and oxygen atoms in total. The maximum atomic E-state index is 11.0. The minimum Gasteiger partial charge on any atom is -0.493 e. The SMILES string of the molecule is CC(=O)N[C@@H](C)/C=C/c1ccc(Oc2ccc3c(c2)OCC3)nc1. The van der Waals surface area contributed by atoms with Gasteiger partial charge >= 0.3 is 0 Å². The smallest absolute Gasteiger partial charge is 0.219 e. The fraction of sp³-hybridized carbons (Fsp3) is 0.263. The first-order chi connectivity index (χ1) is 11.6. The molecule has 2 aromatic rings. The van der Waals surface area contributed by atoms with Gasteiger partial charge in [0, 0.05) is 37.7 Å². The number of hydrogen-bond donors (Lipinski definition) is 1. The number of aromatic nitrogens is 1. The number of carbonyl (C=O) groups is 1. The Labute approximate surface area is 141 Å².